The van der Waals surface area contributed by atoms with Crippen molar-refractivity contribution >= 4 is 26.0 Å². The third-order valence-electron chi connectivity index (χ3n) is 3.61. The summed E-state index contributed by atoms with van der Waals surface area (Å²) in [4.78, 5) is -0.332. The van der Waals surface area contributed by atoms with Gasteiger partial charge in [0.05, 0.1) is 0 Å². The second-order valence-corrected chi connectivity index (χ2v) is 7.58. The average molecular weight is 370 g/mol. The summed E-state index contributed by atoms with van der Waals surface area (Å²) >= 11 is 3.17. The number of halogens is 2. The molecule has 0 amide bonds. The molecular weight excluding hydrogens is 357 g/mol. The summed E-state index contributed by atoms with van der Waals surface area (Å²) in [5.74, 6) is -0.753. The molecule has 0 saturated carbocycles. The number of hydrogen-bond acceptors (Lipinski definition) is 2. The molecular formula is C15H13BrFNO2S. The van der Waals surface area contributed by atoms with E-state index in [9.17, 15) is 12.8 Å². The van der Waals surface area contributed by atoms with Gasteiger partial charge in [-0.15, -0.1) is 0 Å². The zero-order valence-corrected chi connectivity index (χ0v) is 13.4. The highest BCUT2D eigenvalue weighted by atomic mass is 79.9. The molecule has 1 aliphatic carbocycles. The smallest absolute Gasteiger partial charge is 0.207 e. The van der Waals surface area contributed by atoms with E-state index in [-0.39, 0.29) is 10.9 Å². The molecule has 0 heterocycles. The van der Waals surface area contributed by atoms with Crippen molar-refractivity contribution in [1.82, 2.24) is 4.72 Å². The van der Waals surface area contributed by atoms with Gasteiger partial charge >= 0.3 is 0 Å². The van der Waals surface area contributed by atoms with Crippen LogP contribution in [0.5, 0.6) is 0 Å². The molecule has 1 unspecified atom stereocenters. The minimum absolute atomic E-state index is 0.301. The number of benzene rings is 2. The lowest BCUT2D eigenvalue weighted by Gasteiger charge is -2.15. The first kappa shape index (κ1) is 14.7. The maximum atomic E-state index is 13.8. The fourth-order valence-corrected chi connectivity index (χ4v) is 4.48. The molecule has 1 N–H and O–H groups in total. The molecule has 1 atom stereocenters. The van der Waals surface area contributed by atoms with Gasteiger partial charge in [0.25, 0.3) is 0 Å². The predicted octanol–water partition coefficient (Wildman–Crippen LogP) is 3.55. The molecule has 0 radical (unpaired) electrons. The van der Waals surface area contributed by atoms with E-state index < -0.39 is 15.8 Å². The number of aryl methyl sites for hydroxylation is 1. The van der Waals surface area contributed by atoms with Crippen molar-refractivity contribution in [2.24, 2.45) is 0 Å². The van der Waals surface area contributed by atoms with E-state index in [1.165, 1.54) is 12.1 Å². The fraction of sp³-hybridized carbons (Fsp3) is 0.200. The monoisotopic (exact) mass is 369 g/mol. The van der Waals surface area contributed by atoms with Gasteiger partial charge in [-0.05, 0) is 42.2 Å². The van der Waals surface area contributed by atoms with Crippen LogP contribution >= 0.6 is 15.9 Å². The topological polar surface area (TPSA) is 46.2 Å². The van der Waals surface area contributed by atoms with Gasteiger partial charge < -0.3 is 0 Å². The molecule has 0 fully saturated rings. The van der Waals surface area contributed by atoms with Crippen LogP contribution in [0.2, 0.25) is 0 Å². The Morgan fingerprint density at radius 3 is 2.76 bits per heavy atom. The van der Waals surface area contributed by atoms with Gasteiger partial charge in [0.2, 0.25) is 10.0 Å². The first-order valence-electron chi connectivity index (χ1n) is 6.52. The van der Waals surface area contributed by atoms with E-state index in [1.54, 1.807) is 0 Å². The van der Waals surface area contributed by atoms with E-state index in [1.807, 2.05) is 24.3 Å². The molecule has 2 aromatic carbocycles. The number of fused-ring (bicyclic) bond motifs is 1. The SMILES string of the molecule is O=S(=O)(NC1CCc2ccccc21)c1cc(Br)ccc1F. The molecule has 3 rings (SSSR count). The number of hydrogen-bond donors (Lipinski definition) is 1. The highest BCUT2D eigenvalue weighted by Gasteiger charge is 2.28. The highest BCUT2D eigenvalue weighted by Crippen LogP contribution is 2.32. The Morgan fingerprint density at radius 2 is 1.95 bits per heavy atom. The number of rotatable bonds is 3. The molecule has 0 spiro atoms. The van der Waals surface area contributed by atoms with Crippen molar-refractivity contribution in [1.29, 1.82) is 0 Å². The van der Waals surface area contributed by atoms with Crippen LogP contribution in [0.1, 0.15) is 23.6 Å². The van der Waals surface area contributed by atoms with Gasteiger partial charge in [-0.3, -0.25) is 0 Å². The predicted molar refractivity (Wildman–Crippen MR) is 81.9 cm³/mol. The zero-order chi connectivity index (χ0) is 15.0. The number of nitrogens with one attached hydrogen (secondary N) is 1. The Morgan fingerprint density at radius 1 is 1.19 bits per heavy atom. The molecule has 0 aliphatic heterocycles. The highest BCUT2D eigenvalue weighted by molar-refractivity contribution is 9.10. The molecule has 110 valence electrons. The zero-order valence-electron chi connectivity index (χ0n) is 11.0. The fourth-order valence-electron chi connectivity index (χ4n) is 2.61. The maximum absolute atomic E-state index is 13.8. The van der Waals surface area contributed by atoms with Gasteiger partial charge in [-0.25, -0.2) is 17.5 Å². The van der Waals surface area contributed by atoms with Crippen molar-refractivity contribution in [3.63, 3.8) is 0 Å². The average Bonchev–Trinajstić information content (AvgIpc) is 2.84. The van der Waals surface area contributed by atoms with Crippen LogP contribution in [0.15, 0.2) is 51.8 Å². The molecule has 3 nitrogen and oxygen atoms in total. The van der Waals surface area contributed by atoms with E-state index in [4.69, 9.17) is 0 Å². The molecule has 0 bridgehead atoms. The summed E-state index contributed by atoms with van der Waals surface area (Å²) in [7, 11) is -3.89. The lowest BCUT2D eigenvalue weighted by Crippen LogP contribution is -2.28. The van der Waals surface area contributed by atoms with E-state index in [2.05, 4.69) is 20.7 Å². The largest absolute Gasteiger partial charge is 0.244 e. The minimum atomic E-state index is -3.89. The second-order valence-electron chi connectivity index (χ2n) is 4.99. The Bertz CT molecular complexity index is 792. The van der Waals surface area contributed by atoms with Crippen molar-refractivity contribution in [2.75, 3.05) is 0 Å². The van der Waals surface area contributed by atoms with Crippen LogP contribution in [0.4, 0.5) is 4.39 Å². The lowest BCUT2D eigenvalue weighted by molar-refractivity contribution is 0.538. The Labute approximate surface area is 131 Å². The Balaban J connectivity index is 1.93. The summed E-state index contributed by atoms with van der Waals surface area (Å²) in [6.45, 7) is 0. The van der Waals surface area contributed by atoms with Crippen molar-refractivity contribution in [3.8, 4) is 0 Å². The molecule has 21 heavy (non-hydrogen) atoms. The van der Waals surface area contributed by atoms with E-state index in [0.717, 1.165) is 23.6 Å². The van der Waals surface area contributed by atoms with Gasteiger partial charge in [-0.2, -0.15) is 0 Å². The van der Waals surface area contributed by atoms with Gasteiger partial charge in [0.1, 0.15) is 10.7 Å². The van der Waals surface area contributed by atoms with Gasteiger partial charge in [-0.1, -0.05) is 40.2 Å². The summed E-state index contributed by atoms with van der Waals surface area (Å²) < 4.78 is 41.7. The van der Waals surface area contributed by atoms with Crippen LogP contribution < -0.4 is 4.72 Å². The van der Waals surface area contributed by atoms with Crippen LogP contribution in [0, 0.1) is 5.82 Å². The van der Waals surface area contributed by atoms with E-state index >= 15 is 0 Å². The Hall–Kier alpha value is -1.24. The van der Waals surface area contributed by atoms with Crippen LogP contribution in [0.25, 0.3) is 0 Å². The van der Waals surface area contributed by atoms with Crippen LogP contribution in [-0.4, -0.2) is 8.42 Å². The normalized spacial score (nSPS) is 17.7. The van der Waals surface area contributed by atoms with Crippen molar-refractivity contribution < 1.29 is 12.8 Å². The first-order chi connectivity index (χ1) is 9.97. The maximum Gasteiger partial charge on any atom is 0.244 e. The van der Waals surface area contributed by atoms with Gasteiger partial charge in [0.15, 0.2) is 0 Å². The summed E-state index contributed by atoms with van der Waals surface area (Å²) in [6, 6.07) is 11.3. The first-order valence-corrected chi connectivity index (χ1v) is 8.80. The molecule has 2 aromatic rings. The third-order valence-corrected chi connectivity index (χ3v) is 5.59. The third kappa shape index (κ3) is 2.88. The molecule has 0 aromatic heterocycles. The van der Waals surface area contributed by atoms with E-state index in [0.29, 0.717) is 10.9 Å². The number of sulfonamides is 1. The van der Waals surface area contributed by atoms with Crippen LogP contribution in [0.3, 0.4) is 0 Å². The Kier molecular flexibility index (Phi) is 3.86. The molecule has 0 saturated heterocycles. The second kappa shape index (κ2) is 5.51. The van der Waals surface area contributed by atoms with Crippen molar-refractivity contribution in [2.45, 2.75) is 23.8 Å². The summed E-state index contributed by atoms with van der Waals surface area (Å²) in [5.41, 5.74) is 2.11. The minimum Gasteiger partial charge on any atom is -0.207 e. The van der Waals surface area contributed by atoms with Gasteiger partial charge in [0, 0.05) is 10.5 Å². The summed E-state index contributed by atoms with van der Waals surface area (Å²) in [6.07, 6.45) is 1.51. The molecule has 1 aliphatic rings. The molecule has 6 heteroatoms. The van der Waals surface area contributed by atoms with Crippen molar-refractivity contribution in [3.05, 3.63) is 63.9 Å². The quantitative estimate of drug-likeness (QED) is 0.898. The lowest BCUT2D eigenvalue weighted by atomic mass is 10.1. The summed E-state index contributed by atoms with van der Waals surface area (Å²) in [5, 5.41) is 0. The van der Waals surface area contributed by atoms with Crippen LogP contribution in [-0.2, 0) is 16.4 Å². The standard InChI is InChI=1S/C15H13BrFNO2S/c16-11-6-7-13(17)15(9-11)21(19,20)18-14-8-5-10-3-1-2-4-12(10)14/h1-4,6-7,9,14,18H,5,8H2.